The smallest absolute Gasteiger partial charge is 0.418 e. The lowest BCUT2D eigenvalue weighted by atomic mass is 9.92. The fourth-order valence-corrected chi connectivity index (χ4v) is 4.94. The first-order valence-corrected chi connectivity index (χ1v) is 11.2. The molecule has 2 heterocycles. The number of hydrogen-bond acceptors (Lipinski definition) is 4. The average Bonchev–Trinajstić information content (AvgIpc) is 3.35. The van der Waals surface area contributed by atoms with E-state index >= 15 is 0 Å². The molecule has 0 radical (unpaired) electrons. The summed E-state index contributed by atoms with van der Waals surface area (Å²) >= 11 is 0. The molecule has 2 aliphatic rings. The number of carbonyl (C=O) groups is 1. The van der Waals surface area contributed by atoms with Gasteiger partial charge in [0.1, 0.15) is 6.10 Å². The Kier molecular flexibility index (Phi) is 6.26. The minimum atomic E-state index is -0.223. The van der Waals surface area contributed by atoms with Gasteiger partial charge in [0.15, 0.2) is 0 Å². The number of nitrogens with zero attached hydrogens (tertiary/aromatic N) is 3. The quantitative estimate of drug-likeness (QED) is 0.747. The van der Waals surface area contributed by atoms with E-state index in [4.69, 9.17) is 4.74 Å². The van der Waals surface area contributed by atoms with Gasteiger partial charge in [-0.05, 0) is 96.8 Å². The maximum atomic E-state index is 13.0. The van der Waals surface area contributed by atoms with Gasteiger partial charge < -0.3 is 14.5 Å². The van der Waals surface area contributed by atoms with Crippen molar-refractivity contribution in [2.24, 2.45) is 0 Å². The van der Waals surface area contributed by atoms with Gasteiger partial charge in [0.25, 0.3) is 0 Å². The molecule has 0 atom stereocenters. The van der Waals surface area contributed by atoms with Gasteiger partial charge in [-0.2, -0.15) is 0 Å². The molecule has 0 bridgehead atoms. The van der Waals surface area contributed by atoms with E-state index < -0.39 is 0 Å². The van der Waals surface area contributed by atoms with E-state index in [1.54, 1.807) is 4.57 Å². The van der Waals surface area contributed by atoms with Crippen LogP contribution in [0.3, 0.4) is 0 Å². The highest BCUT2D eigenvalue weighted by molar-refractivity contribution is 5.92. The van der Waals surface area contributed by atoms with Gasteiger partial charge in [-0.25, -0.2) is 4.79 Å². The number of hydrogen-bond donors (Lipinski definition) is 0. The molecule has 0 N–H and O–H groups in total. The molecule has 5 nitrogen and oxygen atoms in total. The topological polar surface area (TPSA) is 37.7 Å². The molecule has 2 fully saturated rings. The Morgan fingerprint density at radius 1 is 1.14 bits per heavy atom. The summed E-state index contributed by atoms with van der Waals surface area (Å²) in [6, 6.07) is 7.00. The monoisotopic (exact) mass is 397 g/mol. The number of likely N-dealkylation sites (N-methyl/N-ethyl adjacent to an activating group) is 1. The lowest BCUT2D eigenvalue weighted by Crippen LogP contribution is -2.38. The van der Waals surface area contributed by atoms with Crippen molar-refractivity contribution in [1.82, 2.24) is 14.4 Å². The third-order valence-electron chi connectivity index (χ3n) is 6.64. The Morgan fingerprint density at radius 3 is 2.55 bits per heavy atom. The highest BCUT2D eigenvalue weighted by Gasteiger charge is 2.29. The second-order valence-corrected chi connectivity index (χ2v) is 9.16. The van der Waals surface area contributed by atoms with Crippen LogP contribution in [0.4, 0.5) is 4.79 Å². The summed E-state index contributed by atoms with van der Waals surface area (Å²) in [5.74, 6) is 0. The molecular weight excluding hydrogens is 362 g/mol. The van der Waals surface area contributed by atoms with Gasteiger partial charge in [-0.15, -0.1) is 0 Å². The van der Waals surface area contributed by atoms with Gasteiger partial charge in [0, 0.05) is 24.2 Å². The first kappa shape index (κ1) is 20.4. The Balaban J connectivity index is 1.44. The Labute approximate surface area is 174 Å². The van der Waals surface area contributed by atoms with Crippen molar-refractivity contribution in [2.45, 2.75) is 64.0 Å². The van der Waals surface area contributed by atoms with Gasteiger partial charge >= 0.3 is 6.09 Å². The predicted octanol–water partition coefficient (Wildman–Crippen LogP) is 4.45. The van der Waals surface area contributed by atoms with E-state index in [2.05, 4.69) is 49.0 Å². The highest BCUT2D eigenvalue weighted by atomic mass is 16.6. The van der Waals surface area contributed by atoms with Crippen LogP contribution in [0.2, 0.25) is 0 Å². The summed E-state index contributed by atoms with van der Waals surface area (Å²) in [5, 5.41) is 1.17. The molecule has 0 amide bonds. The molecule has 0 spiro atoms. The second kappa shape index (κ2) is 8.88. The van der Waals surface area contributed by atoms with Crippen LogP contribution in [-0.2, 0) is 11.2 Å². The molecule has 4 rings (SSSR count). The van der Waals surface area contributed by atoms with E-state index in [0.29, 0.717) is 6.04 Å². The second-order valence-electron chi connectivity index (χ2n) is 9.16. The Bertz CT molecular complexity index is 843. The summed E-state index contributed by atoms with van der Waals surface area (Å²) in [6.07, 6.45) is 9.69. The maximum Gasteiger partial charge on any atom is 0.418 e. The van der Waals surface area contributed by atoms with Crippen LogP contribution >= 0.6 is 0 Å². The zero-order valence-electron chi connectivity index (χ0n) is 18.2. The molecule has 158 valence electrons. The number of likely N-dealkylation sites (tertiary alicyclic amines) is 1. The van der Waals surface area contributed by atoms with E-state index in [0.717, 1.165) is 44.2 Å². The van der Waals surface area contributed by atoms with Crippen LogP contribution < -0.4 is 0 Å². The molecular formula is C24H35N3O2. The van der Waals surface area contributed by atoms with Crippen molar-refractivity contribution >= 4 is 17.0 Å². The number of aromatic nitrogens is 1. The minimum Gasteiger partial charge on any atom is -0.446 e. The summed E-state index contributed by atoms with van der Waals surface area (Å²) in [6.45, 7) is 5.56. The first-order valence-electron chi connectivity index (χ1n) is 11.2. The van der Waals surface area contributed by atoms with Crippen LogP contribution in [0.1, 0.15) is 49.7 Å². The molecule has 1 aliphatic heterocycles. The number of rotatable bonds is 5. The predicted molar refractivity (Wildman–Crippen MR) is 118 cm³/mol. The largest absolute Gasteiger partial charge is 0.446 e. The van der Waals surface area contributed by atoms with Crippen LogP contribution in [0.5, 0.6) is 0 Å². The molecule has 29 heavy (non-hydrogen) atoms. The molecule has 1 aromatic carbocycles. The Morgan fingerprint density at radius 2 is 1.86 bits per heavy atom. The summed E-state index contributed by atoms with van der Waals surface area (Å²) in [5.41, 5.74) is 3.39. The molecule has 1 aliphatic carbocycles. The molecule has 1 aromatic heterocycles. The average molecular weight is 398 g/mol. The van der Waals surface area contributed by atoms with Crippen molar-refractivity contribution in [3.05, 3.63) is 35.5 Å². The molecule has 0 unspecified atom stereocenters. The van der Waals surface area contributed by atoms with Gasteiger partial charge in [0.2, 0.25) is 0 Å². The van der Waals surface area contributed by atoms with Crippen LogP contribution in [0.15, 0.2) is 24.4 Å². The van der Waals surface area contributed by atoms with E-state index in [9.17, 15) is 4.79 Å². The zero-order chi connectivity index (χ0) is 20.4. The zero-order valence-corrected chi connectivity index (χ0v) is 18.2. The number of benzene rings is 1. The van der Waals surface area contributed by atoms with Crippen molar-refractivity contribution in [1.29, 1.82) is 0 Å². The van der Waals surface area contributed by atoms with Gasteiger partial charge in [0.05, 0.1) is 5.52 Å². The standard InChI is InChI=1S/C24H35N3O2/c1-18-6-11-23-22(16-18)19(12-15-25(2)3)17-27(23)24(28)29-21-9-7-20(8-10-21)26-13-4-5-14-26/h6,11,16-17,20-21H,4-5,7-10,12-15H2,1-3H3. The van der Waals surface area contributed by atoms with Gasteiger partial charge in [-0.3, -0.25) is 4.57 Å². The van der Waals surface area contributed by atoms with E-state index in [1.165, 1.54) is 42.4 Å². The normalized spacial score (nSPS) is 23.2. The number of aryl methyl sites for hydroxylation is 1. The molecule has 1 saturated heterocycles. The number of fused-ring (bicyclic) bond motifs is 1. The number of carbonyl (C=O) groups excluding carboxylic acids is 1. The third kappa shape index (κ3) is 4.67. The van der Waals surface area contributed by atoms with Crippen molar-refractivity contribution in [3.63, 3.8) is 0 Å². The first-order chi connectivity index (χ1) is 14.0. The van der Waals surface area contributed by atoms with Crippen molar-refractivity contribution in [3.8, 4) is 0 Å². The molecule has 2 aromatic rings. The van der Waals surface area contributed by atoms with Gasteiger partial charge in [-0.1, -0.05) is 11.6 Å². The Hall–Kier alpha value is -1.85. The summed E-state index contributed by atoms with van der Waals surface area (Å²) in [4.78, 5) is 17.8. The van der Waals surface area contributed by atoms with Crippen molar-refractivity contribution < 1.29 is 9.53 Å². The lowest BCUT2D eigenvalue weighted by Gasteiger charge is -2.34. The SMILES string of the molecule is Cc1ccc2c(c1)c(CCN(C)C)cn2C(=O)OC1CCC(N2CCCC2)CC1. The number of ether oxygens (including phenoxy) is 1. The van der Waals surface area contributed by atoms with Crippen LogP contribution in [0.25, 0.3) is 10.9 Å². The molecule has 5 heteroatoms. The van der Waals surface area contributed by atoms with Crippen LogP contribution in [-0.4, -0.2) is 66.3 Å². The highest BCUT2D eigenvalue weighted by Crippen LogP contribution is 2.29. The lowest BCUT2D eigenvalue weighted by molar-refractivity contribution is 0.0540. The summed E-state index contributed by atoms with van der Waals surface area (Å²) in [7, 11) is 4.16. The summed E-state index contributed by atoms with van der Waals surface area (Å²) < 4.78 is 7.69. The third-order valence-corrected chi connectivity index (χ3v) is 6.64. The van der Waals surface area contributed by atoms with Crippen LogP contribution in [0, 0.1) is 6.92 Å². The minimum absolute atomic E-state index is 0.0504. The fourth-order valence-electron chi connectivity index (χ4n) is 4.94. The fraction of sp³-hybridized carbons (Fsp3) is 0.625. The molecule has 1 saturated carbocycles. The van der Waals surface area contributed by atoms with Crippen molar-refractivity contribution in [2.75, 3.05) is 33.7 Å². The maximum absolute atomic E-state index is 13.0. The van der Waals surface area contributed by atoms with E-state index in [1.807, 2.05) is 6.20 Å². The van der Waals surface area contributed by atoms with E-state index in [-0.39, 0.29) is 12.2 Å².